The first kappa shape index (κ1) is 14.5. The lowest BCUT2D eigenvalue weighted by atomic mass is 10.3. The minimum absolute atomic E-state index is 0.358. The third-order valence-corrected chi connectivity index (χ3v) is 2.04. The molecule has 1 N–H and O–H groups in total. The first-order valence-corrected chi connectivity index (χ1v) is 5.08. The third-order valence-electron chi connectivity index (χ3n) is 2.04. The van der Waals surface area contributed by atoms with E-state index in [1.54, 1.807) is 14.2 Å². The van der Waals surface area contributed by atoms with Gasteiger partial charge in [-0.15, -0.1) is 0 Å². The highest BCUT2D eigenvalue weighted by molar-refractivity contribution is 5.55. The summed E-state index contributed by atoms with van der Waals surface area (Å²) in [5.74, 6) is 0. The zero-order valence-electron chi connectivity index (χ0n) is 9.52. The number of hydrogen-bond donors (Lipinski definition) is 1. The summed E-state index contributed by atoms with van der Waals surface area (Å²) in [4.78, 5) is 12.3. The lowest BCUT2D eigenvalue weighted by Crippen LogP contribution is -2.36. The normalized spacial score (nSPS) is 13.1. The van der Waals surface area contributed by atoms with Crippen molar-refractivity contribution in [3.8, 4) is 0 Å². The summed E-state index contributed by atoms with van der Waals surface area (Å²) in [5, 5.41) is 9.20. The van der Waals surface area contributed by atoms with Crippen molar-refractivity contribution in [2.75, 3.05) is 47.1 Å². The summed E-state index contributed by atoms with van der Waals surface area (Å²) >= 11 is 0. The Bertz CT molecular complexity index is 154. The first-order valence-electron chi connectivity index (χ1n) is 5.08. The Hall–Kier alpha value is -0.490. The SMILES string of the molecule is COCCCN(CCOC)CC(O)C=O. The van der Waals surface area contributed by atoms with E-state index in [9.17, 15) is 9.90 Å². The standard InChI is InChI=1S/C10H21NO4/c1-14-6-3-4-11(5-7-15-2)8-10(13)9-12/h9-10,13H,3-8H2,1-2H3. The molecule has 0 saturated carbocycles. The molecule has 0 aromatic heterocycles. The quantitative estimate of drug-likeness (QED) is 0.398. The maximum Gasteiger partial charge on any atom is 0.149 e. The van der Waals surface area contributed by atoms with Crippen molar-refractivity contribution in [2.24, 2.45) is 0 Å². The minimum atomic E-state index is -0.913. The summed E-state index contributed by atoms with van der Waals surface area (Å²) in [6, 6.07) is 0. The zero-order chi connectivity index (χ0) is 11.5. The van der Waals surface area contributed by atoms with Crippen molar-refractivity contribution in [3.63, 3.8) is 0 Å². The van der Waals surface area contributed by atoms with E-state index in [4.69, 9.17) is 9.47 Å². The summed E-state index contributed by atoms with van der Waals surface area (Å²) < 4.78 is 9.89. The number of carbonyl (C=O) groups excluding carboxylic acids is 1. The number of nitrogens with zero attached hydrogens (tertiary/aromatic N) is 1. The van der Waals surface area contributed by atoms with E-state index in [0.29, 0.717) is 32.6 Å². The van der Waals surface area contributed by atoms with Crippen LogP contribution in [0.3, 0.4) is 0 Å². The molecule has 15 heavy (non-hydrogen) atoms. The van der Waals surface area contributed by atoms with Gasteiger partial charge in [0.15, 0.2) is 0 Å². The van der Waals surface area contributed by atoms with Crippen LogP contribution in [0.25, 0.3) is 0 Å². The van der Waals surface area contributed by atoms with Gasteiger partial charge in [0.05, 0.1) is 6.61 Å². The van der Waals surface area contributed by atoms with Gasteiger partial charge in [-0.25, -0.2) is 0 Å². The molecule has 0 radical (unpaired) electrons. The third kappa shape index (κ3) is 8.50. The van der Waals surface area contributed by atoms with E-state index in [2.05, 4.69) is 0 Å². The Labute approximate surface area is 91.0 Å². The van der Waals surface area contributed by atoms with Crippen LogP contribution in [-0.2, 0) is 14.3 Å². The summed E-state index contributed by atoms with van der Waals surface area (Å²) in [6.07, 6.45) is 0.520. The lowest BCUT2D eigenvalue weighted by molar-refractivity contribution is -0.115. The van der Waals surface area contributed by atoms with Gasteiger partial charge in [-0.2, -0.15) is 0 Å². The molecule has 0 bridgehead atoms. The second-order valence-electron chi connectivity index (χ2n) is 3.34. The van der Waals surface area contributed by atoms with Gasteiger partial charge in [0.25, 0.3) is 0 Å². The smallest absolute Gasteiger partial charge is 0.149 e. The molecule has 0 aliphatic carbocycles. The van der Waals surface area contributed by atoms with Crippen LogP contribution in [0.1, 0.15) is 6.42 Å². The number of methoxy groups -OCH3 is 2. The van der Waals surface area contributed by atoms with Crippen molar-refractivity contribution in [1.29, 1.82) is 0 Å². The highest BCUT2D eigenvalue weighted by Crippen LogP contribution is 1.94. The van der Waals surface area contributed by atoms with Gasteiger partial charge in [-0.05, 0) is 6.42 Å². The maximum atomic E-state index is 10.3. The van der Waals surface area contributed by atoms with Crippen LogP contribution in [0.2, 0.25) is 0 Å². The number of carbonyl (C=O) groups is 1. The molecule has 0 fully saturated rings. The van der Waals surface area contributed by atoms with Gasteiger partial charge in [-0.3, -0.25) is 4.90 Å². The van der Waals surface area contributed by atoms with E-state index >= 15 is 0 Å². The van der Waals surface area contributed by atoms with Crippen molar-refractivity contribution in [2.45, 2.75) is 12.5 Å². The predicted octanol–water partition coefficient (Wildman–Crippen LogP) is -0.469. The molecule has 1 unspecified atom stereocenters. The maximum absolute atomic E-state index is 10.3. The van der Waals surface area contributed by atoms with Crippen LogP contribution < -0.4 is 0 Å². The molecular weight excluding hydrogens is 198 g/mol. The number of rotatable bonds is 10. The molecule has 0 amide bonds. The Balaban J connectivity index is 3.77. The summed E-state index contributed by atoms with van der Waals surface area (Å²) in [7, 11) is 3.28. The highest BCUT2D eigenvalue weighted by atomic mass is 16.5. The van der Waals surface area contributed by atoms with Crippen LogP contribution in [0, 0.1) is 0 Å². The van der Waals surface area contributed by atoms with Crippen molar-refractivity contribution in [3.05, 3.63) is 0 Å². The van der Waals surface area contributed by atoms with Crippen molar-refractivity contribution < 1.29 is 19.4 Å². The molecule has 0 rings (SSSR count). The van der Waals surface area contributed by atoms with Crippen LogP contribution >= 0.6 is 0 Å². The zero-order valence-corrected chi connectivity index (χ0v) is 9.52. The van der Waals surface area contributed by atoms with Crippen molar-refractivity contribution in [1.82, 2.24) is 4.90 Å². The van der Waals surface area contributed by atoms with Gasteiger partial charge in [0.2, 0.25) is 0 Å². The van der Waals surface area contributed by atoms with Crippen LogP contribution in [0.5, 0.6) is 0 Å². The monoisotopic (exact) mass is 219 g/mol. The molecule has 0 aromatic carbocycles. The fourth-order valence-electron chi connectivity index (χ4n) is 1.25. The Kier molecular flexibility index (Phi) is 9.71. The molecular formula is C10H21NO4. The van der Waals surface area contributed by atoms with E-state index in [1.807, 2.05) is 4.90 Å². The molecule has 0 saturated heterocycles. The minimum Gasteiger partial charge on any atom is -0.385 e. The Morgan fingerprint density at radius 1 is 1.27 bits per heavy atom. The Morgan fingerprint density at radius 3 is 2.47 bits per heavy atom. The van der Waals surface area contributed by atoms with Gasteiger partial charge in [0, 0.05) is 40.5 Å². The summed E-state index contributed by atoms with van der Waals surface area (Å²) in [6.45, 7) is 3.14. The molecule has 90 valence electrons. The number of aliphatic hydroxyl groups is 1. The van der Waals surface area contributed by atoms with E-state index < -0.39 is 6.10 Å². The average Bonchev–Trinajstić information content (AvgIpc) is 2.25. The fraction of sp³-hybridized carbons (Fsp3) is 0.900. The second kappa shape index (κ2) is 10.0. The molecule has 5 nitrogen and oxygen atoms in total. The van der Waals surface area contributed by atoms with Gasteiger partial charge in [-0.1, -0.05) is 0 Å². The van der Waals surface area contributed by atoms with Gasteiger partial charge >= 0.3 is 0 Å². The largest absolute Gasteiger partial charge is 0.385 e. The predicted molar refractivity (Wildman–Crippen MR) is 56.9 cm³/mol. The van der Waals surface area contributed by atoms with Gasteiger partial charge < -0.3 is 19.4 Å². The highest BCUT2D eigenvalue weighted by Gasteiger charge is 2.10. The molecule has 0 aliphatic heterocycles. The molecule has 0 spiro atoms. The van der Waals surface area contributed by atoms with E-state index in [-0.39, 0.29) is 0 Å². The molecule has 0 aromatic rings. The number of aliphatic hydroxyl groups excluding tert-OH is 1. The molecule has 0 heterocycles. The molecule has 0 aliphatic rings. The first-order chi connectivity index (χ1) is 7.24. The van der Waals surface area contributed by atoms with Crippen molar-refractivity contribution >= 4 is 6.29 Å². The topological polar surface area (TPSA) is 59.0 Å². The molecule has 1 atom stereocenters. The fourth-order valence-corrected chi connectivity index (χ4v) is 1.25. The van der Waals surface area contributed by atoms with Crippen LogP contribution in [-0.4, -0.2) is 69.5 Å². The number of ether oxygens (including phenoxy) is 2. The van der Waals surface area contributed by atoms with E-state index in [1.165, 1.54) is 0 Å². The number of aldehydes is 1. The van der Waals surface area contributed by atoms with Gasteiger partial charge in [0.1, 0.15) is 12.4 Å². The van der Waals surface area contributed by atoms with Crippen LogP contribution in [0.4, 0.5) is 0 Å². The number of hydrogen-bond acceptors (Lipinski definition) is 5. The molecule has 5 heteroatoms. The Morgan fingerprint density at radius 2 is 1.93 bits per heavy atom. The second-order valence-corrected chi connectivity index (χ2v) is 3.34. The average molecular weight is 219 g/mol. The van der Waals surface area contributed by atoms with Crippen LogP contribution in [0.15, 0.2) is 0 Å². The van der Waals surface area contributed by atoms with E-state index in [0.717, 1.165) is 13.0 Å². The summed E-state index contributed by atoms with van der Waals surface area (Å²) in [5.41, 5.74) is 0. The lowest BCUT2D eigenvalue weighted by Gasteiger charge is -2.22.